The Hall–Kier alpha value is -1.87. The molecule has 9 heteroatoms. The van der Waals surface area contributed by atoms with Crippen molar-refractivity contribution in [3.05, 3.63) is 18.6 Å². The molecule has 0 aliphatic carbocycles. The molecule has 3 rings (SSSR count). The zero-order valence-electron chi connectivity index (χ0n) is 12.0. The summed E-state index contributed by atoms with van der Waals surface area (Å²) in [7, 11) is -1.31. The highest BCUT2D eigenvalue weighted by Gasteiger charge is 2.25. The van der Waals surface area contributed by atoms with Gasteiger partial charge in [-0.3, -0.25) is 0 Å². The predicted octanol–water partition coefficient (Wildman–Crippen LogP) is -0.147. The molecule has 0 radical (unpaired) electrons. The van der Waals surface area contributed by atoms with Crippen LogP contribution in [0.3, 0.4) is 0 Å². The summed E-state index contributed by atoms with van der Waals surface area (Å²) in [6, 6.07) is 0. The second kappa shape index (κ2) is 5.15. The van der Waals surface area contributed by atoms with Gasteiger partial charge < -0.3 is 14.6 Å². The molecule has 1 saturated heterocycles. The second-order valence-electron chi connectivity index (χ2n) is 5.01. The van der Waals surface area contributed by atoms with Crippen LogP contribution in [0.5, 0.6) is 0 Å². The Morgan fingerprint density at radius 2 is 1.95 bits per heavy atom. The molecule has 0 aromatic carbocycles. The number of aromatic nitrogens is 3. The van der Waals surface area contributed by atoms with Crippen LogP contribution in [0, 0.1) is 0 Å². The standard InChI is InChI=1S/C12H18N6O2S/c1-13-10-9-17-4-3-14-11(17)12(15-10)16-5-7-18(8-6-16)21(2,19)20/h3-4,9,13H,5-8H2,1-2H3. The Kier molecular flexibility index (Phi) is 3.46. The van der Waals surface area contributed by atoms with Crippen molar-refractivity contribution in [1.82, 2.24) is 18.7 Å². The van der Waals surface area contributed by atoms with E-state index >= 15 is 0 Å². The van der Waals surface area contributed by atoms with E-state index in [1.807, 2.05) is 23.8 Å². The summed E-state index contributed by atoms with van der Waals surface area (Å²) < 4.78 is 26.5. The van der Waals surface area contributed by atoms with Gasteiger partial charge in [-0.2, -0.15) is 4.31 Å². The van der Waals surface area contributed by atoms with Crippen molar-refractivity contribution in [1.29, 1.82) is 0 Å². The zero-order chi connectivity index (χ0) is 15.0. The molecular formula is C12H18N6O2S. The highest BCUT2D eigenvalue weighted by atomic mass is 32.2. The van der Waals surface area contributed by atoms with Gasteiger partial charge in [-0.1, -0.05) is 0 Å². The Bertz CT molecular complexity index is 748. The number of rotatable bonds is 3. The first-order valence-electron chi connectivity index (χ1n) is 6.70. The number of hydrogen-bond acceptors (Lipinski definition) is 6. The molecule has 0 saturated carbocycles. The van der Waals surface area contributed by atoms with Crippen molar-refractivity contribution in [3.8, 4) is 0 Å². The summed E-state index contributed by atoms with van der Waals surface area (Å²) >= 11 is 0. The third kappa shape index (κ3) is 2.66. The van der Waals surface area contributed by atoms with E-state index in [0.717, 1.165) is 17.3 Å². The average molecular weight is 310 g/mol. The summed E-state index contributed by atoms with van der Waals surface area (Å²) in [5.74, 6) is 1.53. The van der Waals surface area contributed by atoms with Gasteiger partial charge in [0.25, 0.3) is 0 Å². The minimum absolute atomic E-state index is 0.469. The van der Waals surface area contributed by atoms with E-state index in [9.17, 15) is 8.42 Å². The highest BCUT2D eigenvalue weighted by Crippen LogP contribution is 2.22. The first kappa shape index (κ1) is 14.1. The maximum absolute atomic E-state index is 11.6. The summed E-state index contributed by atoms with van der Waals surface area (Å²) in [4.78, 5) is 11.0. The van der Waals surface area contributed by atoms with E-state index in [1.165, 1.54) is 10.6 Å². The molecule has 1 N–H and O–H groups in total. The largest absolute Gasteiger partial charge is 0.372 e. The molecular weight excluding hydrogens is 292 g/mol. The van der Waals surface area contributed by atoms with Crippen LogP contribution in [0.15, 0.2) is 18.6 Å². The number of nitrogens with zero attached hydrogens (tertiary/aromatic N) is 5. The van der Waals surface area contributed by atoms with E-state index in [2.05, 4.69) is 20.2 Å². The Morgan fingerprint density at radius 1 is 1.24 bits per heavy atom. The smallest absolute Gasteiger partial charge is 0.211 e. The predicted molar refractivity (Wildman–Crippen MR) is 81.2 cm³/mol. The van der Waals surface area contributed by atoms with Crippen LogP contribution in [0.2, 0.25) is 0 Å². The molecule has 21 heavy (non-hydrogen) atoms. The van der Waals surface area contributed by atoms with E-state index in [-0.39, 0.29) is 0 Å². The topological polar surface area (TPSA) is 82.8 Å². The van der Waals surface area contributed by atoms with Gasteiger partial charge in [0.2, 0.25) is 10.0 Å². The van der Waals surface area contributed by atoms with Gasteiger partial charge in [-0.25, -0.2) is 18.4 Å². The summed E-state index contributed by atoms with van der Waals surface area (Å²) in [5, 5.41) is 3.03. The SMILES string of the molecule is CNc1cn2ccnc2c(N2CCN(S(C)(=O)=O)CC2)n1. The Labute approximate surface area is 123 Å². The first-order chi connectivity index (χ1) is 9.99. The summed E-state index contributed by atoms with van der Waals surface area (Å²) in [6.45, 7) is 2.15. The van der Waals surface area contributed by atoms with Crippen molar-refractivity contribution in [2.24, 2.45) is 0 Å². The fraction of sp³-hybridized carbons (Fsp3) is 0.500. The quantitative estimate of drug-likeness (QED) is 0.849. The van der Waals surface area contributed by atoms with Gasteiger partial charge in [0.1, 0.15) is 5.82 Å². The molecule has 1 fully saturated rings. The average Bonchev–Trinajstić information content (AvgIpc) is 2.93. The van der Waals surface area contributed by atoms with Gasteiger partial charge in [0, 0.05) is 45.6 Å². The fourth-order valence-electron chi connectivity index (χ4n) is 2.48. The molecule has 1 aliphatic heterocycles. The van der Waals surface area contributed by atoms with Crippen LogP contribution in [-0.2, 0) is 10.0 Å². The molecule has 0 bridgehead atoms. The van der Waals surface area contributed by atoms with Gasteiger partial charge >= 0.3 is 0 Å². The number of imidazole rings is 1. The maximum atomic E-state index is 11.6. The lowest BCUT2D eigenvalue weighted by atomic mass is 10.3. The van der Waals surface area contributed by atoms with Crippen molar-refractivity contribution < 1.29 is 8.42 Å². The van der Waals surface area contributed by atoms with Crippen LogP contribution in [-0.4, -0.2) is 66.6 Å². The normalized spacial score (nSPS) is 17.3. The van der Waals surface area contributed by atoms with Crippen LogP contribution >= 0.6 is 0 Å². The molecule has 0 amide bonds. The number of sulfonamides is 1. The van der Waals surface area contributed by atoms with Crippen molar-refractivity contribution >= 4 is 27.3 Å². The van der Waals surface area contributed by atoms with E-state index < -0.39 is 10.0 Å². The number of piperazine rings is 1. The lowest BCUT2D eigenvalue weighted by Crippen LogP contribution is -2.48. The number of anilines is 2. The molecule has 0 unspecified atom stereocenters. The molecule has 2 aromatic heterocycles. The molecule has 114 valence electrons. The van der Waals surface area contributed by atoms with E-state index in [1.54, 1.807) is 6.20 Å². The summed E-state index contributed by atoms with van der Waals surface area (Å²) in [5.41, 5.74) is 0.779. The third-order valence-corrected chi connectivity index (χ3v) is 4.92. The van der Waals surface area contributed by atoms with Crippen molar-refractivity contribution in [3.63, 3.8) is 0 Å². The minimum atomic E-state index is -3.12. The molecule has 0 atom stereocenters. The van der Waals surface area contributed by atoms with Crippen molar-refractivity contribution in [2.45, 2.75) is 0 Å². The molecule has 8 nitrogen and oxygen atoms in total. The van der Waals surface area contributed by atoms with Gasteiger partial charge in [-0.05, 0) is 0 Å². The lowest BCUT2D eigenvalue weighted by molar-refractivity contribution is 0.387. The van der Waals surface area contributed by atoms with Crippen LogP contribution in [0.1, 0.15) is 0 Å². The van der Waals surface area contributed by atoms with Crippen LogP contribution in [0.4, 0.5) is 11.6 Å². The van der Waals surface area contributed by atoms with Crippen LogP contribution < -0.4 is 10.2 Å². The molecule has 2 aromatic rings. The van der Waals surface area contributed by atoms with Gasteiger partial charge in [0.05, 0.1) is 12.5 Å². The molecule has 3 heterocycles. The molecule has 1 aliphatic rings. The first-order valence-corrected chi connectivity index (χ1v) is 8.55. The Morgan fingerprint density at radius 3 is 2.57 bits per heavy atom. The zero-order valence-corrected chi connectivity index (χ0v) is 12.8. The Balaban J connectivity index is 1.90. The van der Waals surface area contributed by atoms with Crippen LogP contribution in [0.25, 0.3) is 5.65 Å². The summed E-state index contributed by atoms with van der Waals surface area (Å²) in [6.07, 6.45) is 6.72. The van der Waals surface area contributed by atoms with E-state index in [4.69, 9.17) is 0 Å². The minimum Gasteiger partial charge on any atom is -0.372 e. The monoisotopic (exact) mass is 310 g/mol. The number of fused-ring (bicyclic) bond motifs is 1. The lowest BCUT2D eigenvalue weighted by Gasteiger charge is -2.34. The second-order valence-corrected chi connectivity index (χ2v) is 6.99. The third-order valence-electron chi connectivity index (χ3n) is 3.62. The van der Waals surface area contributed by atoms with Crippen molar-refractivity contribution in [2.75, 3.05) is 49.7 Å². The fourth-order valence-corrected chi connectivity index (χ4v) is 3.31. The van der Waals surface area contributed by atoms with E-state index in [0.29, 0.717) is 26.2 Å². The van der Waals surface area contributed by atoms with Gasteiger partial charge in [-0.15, -0.1) is 0 Å². The molecule has 0 spiro atoms. The maximum Gasteiger partial charge on any atom is 0.211 e. The number of hydrogen-bond donors (Lipinski definition) is 1. The van der Waals surface area contributed by atoms with Gasteiger partial charge in [0.15, 0.2) is 11.5 Å². The highest BCUT2D eigenvalue weighted by molar-refractivity contribution is 7.88. The number of nitrogens with one attached hydrogen (secondary N) is 1.